The van der Waals surface area contributed by atoms with Crippen molar-refractivity contribution in [2.24, 2.45) is 109 Å². The van der Waals surface area contributed by atoms with E-state index in [2.05, 4.69) is 332 Å². The molecule has 0 spiro atoms. The van der Waals surface area contributed by atoms with Gasteiger partial charge in [0.2, 0.25) is 0 Å². The summed E-state index contributed by atoms with van der Waals surface area (Å²) in [6.45, 7) is 109. The van der Waals surface area contributed by atoms with Crippen LogP contribution in [0.2, 0.25) is 0 Å². The van der Waals surface area contributed by atoms with Gasteiger partial charge in [0.05, 0.1) is 0 Å². The maximum Gasteiger partial charge on any atom is -0.0308 e. The van der Waals surface area contributed by atoms with Crippen molar-refractivity contribution in [3.63, 3.8) is 0 Å². The first-order valence-electron chi connectivity index (χ1n) is 39.6. The van der Waals surface area contributed by atoms with Gasteiger partial charge in [-0.15, -0.1) is 0 Å². The van der Waals surface area contributed by atoms with Gasteiger partial charge in [-0.2, -0.15) is 0 Å². The van der Waals surface area contributed by atoms with Gasteiger partial charge in [0.15, 0.2) is 0 Å². The molecule has 0 heteroatoms. The molecule has 0 aliphatic heterocycles. The minimum absolute atomic E-state index is 0.443. The minimum Gasteiger partial charge on any atom is -0.0654 e. The fourth-order valence-corrected chi connectivity index (χ4v) is 7.78. The molecular weight excluding hydrogens is 1060 g/mol. The fraction of sp³-hybridized carbons (Fsp3) is 1.00. The van der Waals surface area contributed by atoms with Crippen molar-refractivity contribution in [3.05, 3.63) is 0 Å². The second kappa shape index (κ2) is 65.7. The van der Waals surface area contributed by atoms with Crippen LogP contribution in [-0.4, -0.2) is 0 Å². The van der Waals surface area contributed by atoms with Crippen molar-refractivity contribution in [1.82, 2.24) is 0 Å². The molecule has 550 valence electrons. The van der Waals surface area contributed by atoms with Crippen LogP contribution in [0.15, 0.2) is 0 Å². The quantitative estimate of drug-likeness (QED) is 0.121. The van der Waals surface area contributed by atoms with E-state index in [-0.39, 0.29) is 0 Å². The van der Waals surface area contributed by atoms with Crippen LogP contribution >= 0.6 is 0 Å². The van der Waals surface area contributed by atoms with Gasteiger partial charge in [0, 0.05) is 0 Å². The first kappa shape index (κ1) is 112. The molecule has 88 heavy (non-hydrogen) atoms. The van der Waals surface area contributed by atoms with E-state index in [0.717, 1.165) is 71.0 Å². The van der Waals surface area contributed by atoms with Crippen LogP contribution < -0.4 is 0 Å². The van der Waals surface area contributed by atoms with E-state index in [4.69, 9.17) is 0 Å². The van der Waals surface area contributed by atoms with E-state index < -0.39 is 0 Å². The van der Waals surface area contributed by atoms with Crippen molar-refractivity contribution in [2.45, 2.75) is 467 Å². The molecule has 1 unspecified atom stereocenters. The summed E-state index contributed by atoms with van der Waals surface area (Å²) in [6, 6.07) is 0. The van der Waals surface area contributed by atoms with E-state index in [1.54, 1.807) is 0 Å². The maximum atomic E-state index is 2.43. The van der Waals surface area contributed by atoms with Gasteiger partial charge in [-0.25, -0.2) is 0 Å². The molecule has 0 aromatic carbocycles. The minimum atomic E-state index is 0.443. The molecule has 1 rings (SSSR count). The summed E-state index contributed by atoms with van der Waals surface area (Å²) in [4.78, 5) is 0. The van der Waals surface area contributed by atoms with Crippen LogP contribution in [0.1, 0.15) is 467 Å². The van der Waals surface area contributed by atoms with Crippen LogP contribution in [-0.2, 0) is 0 Å². The topological polar surface area (TPSA) is 0 Å². The SMILES string of the molecule is CC(C(C)(C)C)C(C)(C)C.CC(C)C.CC(C)C(C)(C)C.CC(C)C(C)C(C)C.CCC(C)(C)C.CCC(C)(C)C1CCCCC1.CCC(C)(C)CC.CCC(C)C.CCC(C)CC.CCC(C)[C@H](C)CC.CCC(CC)(CC)CC.CCC[C@H](C)CC. The zero-order valence-electron chi connectivity index (χ0n) is 73.3. The van der Waals surface area contributed by atoms with Crippen LogP contribution in [0.3, 0.4) is 0 Å². The zero-order valence-corrected chi connectivity index (χ0v) is 73.3. The van der Waals surface area contributed by atoms with E-state index in [1.807, 2.05) is 0 Å². The molecule has 1 saturated carbocycles. The molecule has 1 aliphatic rings. The van der Waals surface area contributed by atoms with Crippen molar-refractivity contribution < 1.29 is 0 Å². The van der Waals surface area contributed by atoms with Gasteiger partial charge in [0.25, 0.3) is 0 Å². The highest BCUT2D eigenvalue weighted by Crippen LogP contribution is 2.41. The lowest BCUT2D eigenvalue weighted by atomic mass is 9.68. The van der Waals surface area contributed by atoms with Gasteiger partial charge in [0.1, 0.15) is 0 Å². The lowest BCUT2D eigenvalue weighted by molar-refractivity contribution is 0.121. The third-order valence-electron chi connectivity index (χ3n) is 22.0. The third-order valence-corrected chi connectivity index (χ3v) is 22.0. The average Bonchev–Trinajstić information content (AvgIpc) is 3.45. The molecule has 0 heterocycles. The average molecular weight is 1260 g/mol. The normalized spacial score (nSPS) is 13.9. The Hall–Kier alpha value is 0. The molecule has 0 amide bonds. The summed E-state index contributed by atoms with van der Waals surface area (Å²) < 4.78 is 0. The van der Waals surface area contributed by atoms with Gasteiger partial charge >= 0.3 is 0 Å². The van der Waals surface area contributed by atoms with Crippen molar-refractivity contribution in [3.8, 4) is 0 Å². The molecule has 1 aliphatic carbocycles. The second-order valence-electron chi connectivity index (χ2n) is 36.2. The highest BCUT2D eigenvalue weighted by Gasteiger charge is 2.31. The Bertz CT molecular complexity index is 1180. The first-order chi connectivity index (χ1) is 39.6. The summed E-state index contributed by atoms with van der Waals surface area (Å²) in [6.07, 6.45) is 28.7. The largest absolute Gasteiger partial charge is 0.0654 e. The first-order valence-corrected chi connectivity index (χ1v) is 39.6. The number of rotatable bonds is 19. The summed E-state index contributed by atoms with van der Waals surface area (Å²) in [5.41, 5.74) is 3.79. The Labute approximate surface area is 573 Å². The monoisotopic (exact) mass is 1260 g/mol. The van der Waals surface area contributed by atoms with Crippen LogP contribution in [0.25, 0.3) is 0 Å². The highest BCUT2D eigenvalue weighted by molar-refractivity contribution is 4.81. The Kier molecular flexibility index (Phi) is 83.8. The van der Waals surface area contributed by atoms with Crippen LogP contribution in [0.5, 0.6) is 0 Å². The molecule has 1 fully saturated rings. The smallest absolute Gasteiger partial charge is 0.0308 e. The number of hydrogen-bond acceptors (Lipinski definition) is 0. The fourth-order valence-electron chi connectivity index (χ4n) is 7.78. The Balaban J connectivity index is -0.0000000824. The molecular formula is C88H198. The molecule has 3 atom stereocenters. The summed E-state index contributed by atoms with van der Waals surface area (Å²) in [5, 5.41) is 0. The summed E-state index contributed by atoms with van der Waals surface area (Å²) in [5.74, 6) is 10.6. The molecule has 0 radical (unpaired) electrons. The predicted octanol–water partition coefficient (Wildman–Crippen LogP) is 34.3. The van der Waals surface area contributed by atoms with Crippen molar-refractivity contribution >= 4 is 0 Å². The van der Waals surface area contributed by atoms with Gasteiger partial charge < -0.3 is 0 Å². The molecule has 0 N–H and O–H groups in total. The van der Waals surface area contributed by atoms with E-state index >= 15 is 0 Å². The van der Waals surface area contributed by atoms with Crippen LogP contribution in [0, 0.1) is 109 Å². The second-order valence-corrected chi connectivity index (χ2v) is 36.2. The van der Waals surface area contributed by atoms with Crippen molar-refractivity contribution in [2.75, 3.05) is 0 Å². The van der Waals surface area contributed by atoms with Crippen LogP contribution in [0.4, 0.5) is 0 Å². The molecule has 0 aromatic rings. The van der Waals surface area contributed by atoms with Crippen molar-refractivity contribution in [1.29, 1.82) is 0 Å². The highest BCUT2D eigenvalue weighted by atomic mass is 14.4. The van der Waals surface area contributed by atoms with Gasteiger partial charge in [-0.1, -0.05) is 454 Å². The molecule has 0 saturated heterocycles. The van der Waals surface area contributed by atoms with E-state index in [1.165, 1.54) is 135 Å². The van der Waals surface area contributed by atoms with Gasteiger partial charge in [-0.3, -0.25) is 0 Å². The number of hydrogen-bond donors (Lipinski definition) is 0. The lowest BCUT2D eigenvalue weighted by Gasteiger charge is -2.38. The van der Waals surface area contributed by atoms with E-state index in [9.17, 15) is 0 Å². The Morgan fingerprint density at radius 2 is 0.602 bits per heavy atom. The Morgan fingerprint density at radius 3 is 0.682 bits per heavy atom. The summed E-state index contributed by atoms with van der Waals surface area (Å²) >= 11 is 0. The lowest BCUT2D eigenvalue weighted by Crippen LogP contribution is -2.29. The van der Waals surface area contributed by atoms with E-state index in [0.29, 0.717) is 37.9 Å². The Morgan fingerprint density at radius 1 is 0.330 bits per heavy atom. The zero-order chi connectivity index (χ0) is 73.3. The predicted molar refractivity (Wildman–Crippen MR) is 428 cm³/mol. The molecule has 0 aromatic heterocycles. The molecule has 0 nitrogen and oxygen atoms in total. The third kappa shape index (κ3) is 90.2. The van der Waals surface area contributed by atoms with Gasteiger partial charge in [-0.05, 0) is 122 Å². The summed E-state index contributed by atoms with van der Waals surface area (Å²) in [7, 11) is 0. The molecule has 0 bridgehead atoms. The standard InChI is InChI=1S/C11H22.C10H22.C9H20.2C8H18.3C7H16.2C6H14.C5H12.C4H10/c1-4-11(2,3)10-8-6-5-7-9-10;1-8(9(2,3)4)10(5,6)7;1-5-9(6-2,7-3)8-4;1-6(2)8(5)7(3)4;1-5-7(3)8(4)6-2;1-6(2)7(3,4)5;1-5-7(3,4)6-2;1-4-6-7(3)5-2;1-5-6(2,3)4;1-4-6(3)5-2;1-4-5(2)3;1-4(2)3/h10H,4-9H2,1-3H3;8H,1-7H3;5-8H2,1-4H3;6-8H,1-5H3;7-8H,5-6H2,1-4H3;6H,1-5H3;5-6H2,1-4H3;7H,4-6H2,1-3H3;5H2,1-4H3;6H,4-5H2,1-3H3;5H,4H2,1-3H3;4H,1-3H3/t;;;;7-,8?;;;7-;;;;/m....1..1..../s1. The maximum absolute atomic E-state index is 2.43.